The molecule has 0 radical (unpaired) electrons. The van der Waals surface area contributed by atoms with Gasteiger partial charge in [-0.15, -0.1) is 0 Å². The van der Waals surface area contributed by atoms with Gasteiger partial charge in [-0.05, 0) is 114 Å². The first-order valence-electron chi connectivity index (χ1n) is 9.72. The van der Waals surface area contributed by atoms with Gasteiger partial charge in [0.25, 0.3) is 0 Å². The Labute approximate surface area is 170 Å². The van der Waals surface area contributed by atoms with Crippen LogP contribution < -0.4 is 4.74 Å². The molecule has 3 heteroatoms. The number of halogens is 2. The van der Waals surface area contributed by atoms with Crippen LogP contribution in [0.3, 0.4) is 0 Å². The molecule has 0 N–H and O–H groups in total. The molecule has 29 heavy (non-hydrogen) atoms. The minimum absolute atomic E-state index is 0.207. The number of fused-ring (bicyclic) bond motifs is 1. The molecular formula is C26H22F2O. The molecule has 1 nitrogen and oxygen atoms in total. The largest absolute Gasteiger partial charge is 0.457 e. The summed E-state index contributed by atoms with van der Waals surface area (Å²) in [6.45, 7) is 6.18. The summed E-state index contributed by atoms with van der Waals surface area (Å²) in [5.74, 6) is 0.831. The molecule has 0 aliphatic heterocycles. The van der Waals surface area contributed by atoms with Crippen LogP contribution >= 0.6 is 0 Å². The van der Waals surface area contributed by atoms with E-state index in [1.54, 1.807) is 18.2 Å². The van der Waals surface area contributed by atoms with Crippen LogP contribution in [0.2, 0.25) is 0 Å². The molecule has 0 heterocycles. The molecule has 4 rings (SSSR count). The van der Waals surface area contributed by atoms with Crippen LogP contribution in [-0.4, -0.2) is 0 Å². The first-order chi connectivity index (χ1) is 14.0. The van der Waals surface area contributed by atoms with Gasteiger partial charge < -0.3 is 4.74 Å². The Hall–Kier alpha value is -3.20. The fourth-order valence-corrected chi connectivity index (χ4v) is 3.88. The maximum Gasteiger partial charge on any atom is 0.130 e. The van der Waals surface area contributed by atoms with Crippen LogP contribution in [0.25, 0.3) is 17.2 Å². The van der Waals surface area contributed by atoms with E-state index in [0.29, 0.717) is 5.75 Å². The maximum absolute atomic E-state index is 13.8. The van der Waals surface area contributed by atoms with Gasteiger partial charge in [0.05, 0.1) is 0 Å². The Bertz CT molecular complexity index is 1140. The van der Waals surface area contributed by atoms with Crippen LogP contribution in [0.1, 0.15) is 42.5 Å². The predicted molar refractivity (Wildman–Crippen MR) is 115 cm³/mol. The lowest BCUT2D eigenvalue weighted by Gasteiger charge is -2.10. The SMILES string of the molecule is CCC1=C(C)/C(=C/c2ccc(Oc3ccc(F)cc3)c(C)c2)c2ccc(F)cc21. The number of hydrogen-bond donors (Lipinski definition) is 0. The van der Waals surface area contributed by atoms with Crippen LogP contribution in [0.5, 0.6) is 11.5 Å². The summed E-state index contributed by atoms with van der Waals surface area (Å²) in [7, 11) is 0. The van der Waals surface area contributed by atoms with Crippen molar-refractivity contribution in [2.45, 2.75) is 27.2 Å². The van der Waals surface area contributed by atoms with E-state index >= 15 is 0 Å². The third-order valence-corrected chi connectivity index (χ3v) is 5.36. The van der Waals surface area contributed by atoms with E-state index in [9.17, 15) is 8.78 Å². The first kappa shape index (κ1) is 19.1. The van der Waals surface area contributed by atoms with Gasteiger partial charge in [-0.3, -0.25) is 0 Å². The molecular weight excluding hydrogens is 366 g/mol. The smallest absolute Gasteiger partial charge is 0.130 e. The lowest BCUT2D eigenvalue weighted by Crippen LogP contribution is -1.89. The lowest BCUT2D eigenvalue weighted by atomic mass is 9.99. The lowest BCUT2D eigenvalue weighted by molar-refractivity contribution is 0.477. The molecule has 0 unspecified atom stereocenters. The van der Waals surface area contributed by atoms with Gasteiger partial charge in [0.15, 0.2) is 0 Å². The van der Waals surface area contributed by atoms with Gasteiger partial charge in [0.1, 0.15) is 23.1 Å². The second kappa shape index (κ2) is 7.67. The first-order valence-corrected chi connectivity index (χ1v) is 9.72. The summed E-state index contributed by atoms with van der Waals surface area (Å²) < 4.78 is 32.7. The van der Waals surface area contributed by atoms with Crippen LogP contribution in [0.15, 0.2) is 66.2 Å². The van der Waals surface area contributed by atoms with Crippen molar-refractivity contribution in [1.82, 2.24) is 0 Å². The van der Waals surface area contributed by atoms with E-state index < -0.39 is 0 Å². The third-order valence-electron chi connectivity index (χ3n) is 5.36. The Kier molecular flexibility index (Phi) is 5.06. The average molecular weight is 388 g/mol. The summed E-state index contributed by atoms with van der Waals surface area (Å²) >= 11 is 0. The highest BCUT2D eigenvalue weighted by atomic mass is 19.1. The number of aryl methyl sites for hydroxylation is 1. The molecule has 0 atom stereocenters. The van der Waals surface area contributed by atoms with Crippen LogP contribution in [0, 0.1) is 18.6 Å². The fraction of sp³-hybridized carbons (Fsp3) is 0.154. The fourth-order valence-electron chi connectivity index (χ4n) is 3.88. The molecule has 0 spiro atoms. The van der Waals surface area contributed by atoms with Crippen molar-refractivity contribution >= 4 is 17.2 Å². The average Bonchev–Trinajstić information content (AvgIpc) is 2.96. The highest BCUT2D eigenvalue weighted by Crippen LogP contribution is 2.43. The predicted octanol–water partition coefficient (Wildman–Crippen LogP) is 7.80. The summed E-state index contributed by atoms with van der Waals surface area (Å²) in [5, 5.41) is 0. The third kappa shape index (κ3) is 3.73. The highest BCUT2D eigenvalue weighted by Gasteiger charge is 2.23. The number of benzene rings is 3. The Morgan fingerprint density at radius 2 is 1.55 bits per heavy atom. The van der Waals surface area contributed by atoms with Crippen LogP contribution in [-0.2, 0) is 0 Å². The van der Waals surface area contributed by atoms with Crippen molar-refractivity contribution in [3.63, 3.8) is 0 Å². The zero-order chi connectivity index (χ0) is 20.5. The van der Waals surface area contributed by atoms with E-state index in [1.165, 1.54) is 29.3 Å². The minimum Gasteiger partial charge on any atom is -0.457 e. The second-order valence-corrected chi connectivity index (χ2v) is 7.29. The van der Waals surface area contributed by atoms with Gasteiger partial charge >= 0.3 is 0 Å². The molecule has 0 bridgehead atoms. The number of ether oxygens (including phenoxy) is 1. The van der Waals surface area contributed by atoms with E-state index in [2.05, 4.69) is 26.0 Å². The molecule has 3 aromatic carbocycles. The number of rotatable bonds is 4. The summed E-state index contributed by atoms with van der Waals surface area (Å²) in [4.78, 5) is 0. The molecule has 3 aromatic rings. The topological polar surface area (TPSA) is 9.23 Å². The van der Waals surface area contributed by atoms with Crippen molar-refractivity contribution in [3.05, 3.63) is 100 Å². The summed E-state index contributed by atoms with van der Waals surface area (Å²) in [6.07, 6.45) is 3.01. The van der Waals surface area contributed by atoms with Gasteiger partial charge in [0.2, 0.25) is 0 Å². The van der Waals surface area contributed by atoms with Crippen LogP contribution in [0.4, 0.5) is 8.78 Å². The molecule has 1 aliphatic carbocycles. The van der Waals surface area contributed by atoms with E-state index in [4.69, 9.17) is 4.74 Å². The van der Waals surface area contributed by atoms with Crippen molar-refractivity contribution in [3.8, 4) is 11.5 Å². The van der Waals surface area contributed by atoms with E-state index in [0.717, 1.165) is 40.0 Å². The normalized spacial score (nSPS) is 14.4. The van der Waals surface area contributed by atoms with Crippen molar-refractivity contribution in [2.24, 2.45) is 0 Å². The van der Waals surface area contributed by atoms with Crippen molar-refractivity contribution < 1.29 is 13.5 Å². The zero-order valence-electron chi connectivity index (χ0n) is 16.7. The van der Waals surface area contributed by atoms with Crippen molar-refractivity contribution in [2.75, 3.05) is 0 Å². The molecule has 0 amide bonds. The standard InChI is InChI=1S/C26H22F2O/c1-4-22-17(3)24(23-11-8-20(28)15-25(22)23)14-18-5-12-26(16(2)13-18)29-21-9-6-19(27)7-10-21/h5-15H,4H2,1-3H3/b24-14-. The van der Waals surface area contributed by atoms with Crippen molar-refractivity contribution in [1.29, 1.82) is 0 Å². The molecule has 0 saturated carbocycles. The highest BCUT2D eigenvalue weighted by molar-refractivity contribution is 6.05. The molecule has 0 saturated heterocycles. The summed E-state index contributed by atoms with van der Waals surface area (Å²) in [5.41, 5.74) is 7.61. The number of hydrogen-bond acceptors (Lipinski definition) is 1. The molecule has 1 aliphatic rings. The Morgan fingerprint density at radius 1 is 0.828 bits per heavy atom. The van der Waals surface area contributed by atoms with E-state index in [1.807, 2.05) is 25.1 Å². The zero-order valence-corrected chi connectivity index (χ0v) is 16.7. The quantitative estimate of drug-likeness (QED) is 0.443. The molecule has 146 valence electrons. The monoisotopic (exact) mass is 388 g/mol. The molecule has 0 aromatic heterocycles. The Balaban J connectivity index is 1.68. The minimum atomic E-state index is -0.289. The van der Waals surface area contributed by atoms with Gasteiger partial charge in [-0.2, -0.15) is 0 Å². The second-order valence-electron chi connectivity index (χ2n) is 7.29. The molecule has 0 fully saturated rings. The maximum atomic E-state index is 13.8. The van der Waals surface area contributed by atoms with Gasteiger partial charge in [-0.25, -0.2) is 8.78 Å². The van der Waals surface area contributed by atoms with Gasteiger partial charge in [0, 0.05) is 0 Å². The van der Waals surface area contributed by atoms with E-state index in [-0.39, 0.29) is 11.6 Å². The van der Waals surface area contributed by atoms with Gasteiger partial charge in [-0.1, -0.05) is 19.1 Å². The summed E-state index contributed by atoms with van der Waals surface area (Å²) in [6, 6.07) is 17.0. The number of allylic oxidation sites excluding steroid dienone is 3. The Morgan fingerprint density at radius 3 is 2.24 bits per heavy atom.